The van der Waals surface area contributed by atoms with Crippen LogP contribution in [0.5, 0.6) is 0 Å². The standard InChI is InChI=1S/C8H9ClN2O/c9-7-3-4-11-5-6(7)1-2-8(10)12/h3-5H,1-2H2,(H2,10,12). The lowest BCUT2D eigenvalue weighted by Crippen LogP contribution is -2.11. The maximum Gasteiger partial charge on any atom is 0.217 e. The second kappa shape index (κ2) is 4.07. The summed E-state index contributed by atoms with van der Waals surface area (Å²) in [6.07, 6.45) is 4.12. The second-order valence-electron chi connectivity index (χ2n) is 2.43. The fourth-order valence-corrected chi connectivity index (χ4v) is 1.05. The van der Waals surface area contributed by atoms with Crippen molar-refractivity contribution in [2.24, 2.45) is 5.73 Å². The number of carbonyl (C=O) groups is 1. The van der Waals surface area contributed by atoms with E-state index < -0.39 is 0 Å². The highest BCUT2D eigenvalue weighted by molar-refractivity contribution is 6.31. The third-order valence-corrected chi connectivity index (χ3v) is 1.85. The molecule has 0 radical (unpaired) electrons. The van der Waals surface area contributed by atoms with E-state index in [1.54, 1.807) is 18.5 Å². The summed E-state index contributed by atoms with van der Waals surface area (Å²) in [6, 6.07) is 1.69. The smallest absolute Gasteiger partial charge is 0.217 e. The number of aromatic nitrogens is 1. The molecule has 2 N–H and O–H groups in total. The largest absolute Gasteiger partial charge is 0.370 e. The lowest BCUT2D eigenvalue weighted by Gasteiger charge is -1.99. The Morgan fingerprint density at radius 1 is 1.67 bits per heavy atom. The highest BCUT2D eigenvalue weighted by Gasteiger charge is 2.01. The fourth-order valence-electron chi connectivity index (χ4n) is 0.852. The first kappa shape index (κ1) is 9.00. The summed E-state index contributed by atoms with van der Waals surface area (Å²) in [5.74, 6) is -0.324. The van der Waals surface area contributed by atoms with Gasteiger partial charge in [-0.25, -0.2) is 0 Å². The summed E-state index contributed by atoms with van der Waals surface area (Å²) in [5, 5.41) is 0.631. The Labute approximate surface area is 75.6 Å². The molecule has 0 aliphatic carbocycles. The Hall–Kier alpha value is -1.09. The van der Waals surface area contributed by atoms with Crippen molar-refractivity contribution >= 4 is 17.5 Å². The average Bonchev–Trinajstić information content (AvgIpc) is 2.03. The van der Waals surface area contributed by atoms with Gasteiger partial charge < -0.3 is 5.73 Å². The molecule has 3 nitrogen and oxygen atoms in total. The molecular weight excluding hydrogens is 176 g/mol. The van der Waals surface area contributed by atoms with Crippen LogP contribution in [-0.2, 0) is 11.2 Å². The van der Waals surface area contributed by atoms with Gasteiger partial charge >= 0.3 is 0 Å². The fraction of sp³-hybridized carbons (Fsp3) is 0.250. The van der Waals surface area contributed by atoms with E-state index in [0.29, 0.717) is 17.9 Å². The summed E-state index contributed by atoms with van der Waals surface area (Å²) in [5.41, 5.74) is 5.85. The quantitative estimate of drug-likeness (QED) is 0.766. The minimum Gasteiger partial charge on any atom is -0.370 e. The van der Waals surface area contributed by atoms with E-state index in [9.17, 15) is 4.79 Å². The molecule has 4 heteroatoms. The molecule has 1 rings (SSSR count). The second-order valence-corrected chi connectivity index (χ2v) is 2.84. The highest BCUT2D eigenvalue weighted by Crippen LogP contribution is 2.14. The van der Waals surface area contributed by atoms with Gasteiger partial charge in [-0.1, -0.05) is 11.6 Å². The zero-order chi connectivity index (χ0) is 8.97. The zero-order valence-electron chi connectivity index (χ0n) is 6.46. The van der Waals surface area contributed by atoms with Gasteiger partial charge in [0.05, 0.1) is 0 Å². The molecular formula is C8H9ClN2O. The summed E-state index contributed by atoms with van der Waals surface area (Å²) < 4.78 is 0. The van der Waals surface area contributed by atoms with Crippen LogP contribution >= 0.6 is 11.6 Å². The molecule has 1 amide bonds. The maximum atomic E-state index is 10.4. The molecule has 0 fully saturated rings. The van der Waals surface area contributed by atoms with Gasteiger partial charge in [0, 0.05) is 23.8 Å². The van der Waals surface area contributed by atoms with Crippen LogP contribution in [0.4, 0.5) is 0 Å². The van der Waals surface area contributed by atoms with Gasteiger partial charge in [0.1, 0.15) is 0 Å². The number of hydrogen-bond donors (Lipinski definition) is 1. The first-order chi connectivity index (χ1) is 5.70. The normalized spacial score (nSPS) is 9.75. The highest BCUT2D eigenvalue weighted by atomic mass is 35.5. The number of carbonyl (C=O) groups excluding carboxylic acids is 1. The van der Waals surface area contributed by atoms with Gasteiger partial charge in [-0.15, -0.1) is 0 Å². The maximum absolute atomic E-state index is 10.4. The number of nitrogens with two attached hydrogens (primary N) is 1. The van der Waals surface area contributed by atoms with Crippen LogP contribution in [0.15, 0.2) is 18.5 Å². The number of halogens is 1. The van der Waals surface area contributed by atoms with Gasteiger partial charge in [-0.2, -0.15) is 0 Å². The number of primary amides is 1. The molecule has 0 aliphatic rings. The van der Waals surface area contributed by atoms with Crippen molar-refractivity contribution in [2.75, 3.05) is 0 Å². The summed E-state index contributed by atoms with van der Waals surface area (Å²) >= 11 is 5.82. The van der Waals surface area contributed by atoms with Crippen LogP contribution in [-0.4, -0.2) is 10.9 Å². The number of pyridine rings is 1. The van der Waals surface area contributed by atoms with Crippen LogP contribution in [0.25, 0.3) is 0 Å². The van der Waals surface area contributed by atoms with Crippen LogP contribution in [0.2, 0.25) is 5.02 Å². The van der Waals surface area contributed by atoms with E-state index >= 15 is 0 Å². The number of hydrogen-bond acceptors (Lipinski definition) is 2. The third-order valence-electron chi connectivity index (χ3n) is 1.48. The molecule has 0 saturated carbocycles. The lowest BCUT2D eigenvalue weighted by atomic mass is 10.1. The first-order valence-corrected chi connectivity index (χ1v) is 3.94. The monoisotopic (exact) mass is 184 g/mol. The number of amides is 1. The number of rotatable bonds is 3. The van der Waals surface area contributed by atoms with E-state index in [4.69, 9.17) is 17.3 Å². The van der Waals surface area contributed by atoms with Crippen LogP contribution in [0.1, 0.15) is 12.0 Å². The predicted octanol–water partition coefficient (Wildman–Crippen LogP) is 1.15. The van der Waals surface area contributed by atoms with Crippen LogP contribution < -0.4 is 5.73 Å². The topological polar surface area (TPSA) is 56.0 Å². The molecule has 0 saturated heterocycles. The van der Waals surface area contributed by atoms with Crippen molar-refractivity contribution in [3.63, 3.8) is 0 Å². The van der Waals surface area contributed by atoms with Gasteiger partial charge in [0.2, 0.25) is 5.91 Å². The van der Waals surface area contributed by atoms with Crippen molar-refractivity contribution in [3.05, 3.63) is 29.0 Å². The summed E-state index contributed by atoms with van der Waals surface area (Å²) in [7, 11) is 0. The van der Waals surface area contributed by atoms with Crippen LogP contribution in [0.3, 0.4) is 0 Å². The molecule has 1 heterocycles. The Morgan fingerprint density at radius 2 is 2.42 bits per heavy atom. The van der Waals surface area contributed by atoms with Crippen molar-refractivity contribution in [2.45, 2.75) is 12.8 Å². The molecule has 64 valence electrons. The molecule has 12 heavy (non-hydrogen) atoms. The minimum absolute atomic E-state index is 0.311. The minimum atomic E-state index is -0.324. The Kier molecular flexibility index (Phi) is 3.05. The van der Waals surface area contributed by atoms with E-state index in [1.807, 2.05) is 0 Å². The molecule has 0 unspecified atom stereocenters. The molecule has 0 aliphatic heterocycles. The van der Waals surface area contributed by atoms with Crippen molar-refractivity contribution < 1.29 is 4.79 Å². The van der Waals surface area contributed by atoms with E-state index in [0.717, 1.165) is 5.56 Å². The third kappa shape index (κ3) is 2.51. The summed E-state index contributed by atoms with van der Waals surface area (Å²) in [4.78, 5) is 14.3. The zero-order valence-corrected chi connectivity index (χ0v) is 7.21. The molecule has 0 aromatic carbocycles. The number of nitrogens with zero attached hydrogens (tertiary/aromatic N) is 1. The Bertz CT molecular complexity index is 288. The molecule has 0 spiro atoms. The van der Waals surface area contributed by atoms with Crippen LogP contribution in [0, 0.1) is 0 Å². The van der Waals surface area contributed by atoms with Crippen molar-refractivity contribution in [1.29, 1.82) is 0 Å². The first-order valence-electron chi connectivity index (χ1n) is 3.57. The average molecular weight is 185 g/mol. The van der Waals surface area contributed by atoms with Crippen molar-refractivity contribution in [1.82, 2.24) is 4.98 Å². The summed E-state index contributed by atoms with van der Waals surface area (Å²) in [6.45, 7) is 0. The molecule has 1 aromatic heterocycles. The molecule has 1 aromatic rings. The van der Waals surface area contributed by atoms with Gasteiger partial charge in [-0.05, 0) is 18.1 Å². The Balaban J connectivity index is 2.63. The predicted molar refractivity (Wildman–Crippen MR) is 46.8 cm³/mol. The van der Waals surface area contributed by atoms with Crippen molar-refractivity contribution in [3.8, 4) is 0 Å². The Morgan fingerprint density at radius 3 is 3.00 bits per heavy atom. The van der Waals surface area contributed by atoms with Gasteiger partial charge in [0.15, 0.2) is 0 Å². The van der Waals surface area contributed by atoms with Gasteiger partial charge in [0.25, 0.3) is 0 Å². The van der Waals surface area contributed by atoms with E-state index in [-0.39, 0.29) is 5.91 Å². The molecule has 0 atom stereocenters. The molecule has 0 bridgehead atoms. The van der Waals surface area contributed by atoms with E-state index in [2.05, 4.69) is 4.98 Å². The van der Waals surface area contributed by atoms with Gasteiger partial charge in [-0.3, -0.25) is 9.78 Å². The van der Waals surface area contributed by atoms with E-state index in [1.165, 1.54) is 0 Å². The lowest BCUT2D eigenvalue weighted by molar-refractivity contribution is -0.117. The number of aryl methyl sites for hydroxylation is 1. The SMILES string of the molecule is NC(=O)CCc1cnccc1Cl.